The first kappa shape index (κ1) is 25.9. The van der Waals surface area contributed by atoms with Crippen LogP contribution in [0.3, 0.4) is 0 Å². The summed E-state index contributed by atoms with van der Waals surface area (Å²) >= 11 is 11.3. The number of carbonyl (C=O) groups is 3. The fraction of sp³-hybridized carbons (Fsp3) is 0.111. The predicted octanol–water partition coefficient (Wildman–Crippen LogP) is 4.59. The summed E-state index contributed by atoms with van der Waals surface area (Å²) in [4.78, 5) is 39.4. The van der Waals surface area contributed by atoms with E-state index in [1.54, 1.807) is 73.7 Å². The molecule has 8 nitrogen and oxygen atoms in total. The first-order valence-electron chi connectivity index (χ1n) is 11.3. The lowest BCUT2D eigenvalue weighted by Crippen LogP contribution is -2.54. The molecule has 0 unspecified atom stereocenters. The number of rotatable bonds is 8. The molecule has 1 heterocycles. The zero-order valence-electron chi connectivity index (χ0n) is 19.7. The molecule has 37 heavy (non-hydrogen) atoms. The Bertz CT molecular complexity index is 1390. The number of carbonyl (C=O) groups excluding carboxylic acids is 3. The molecule has 0 bridgehead atoms. The molecule has 3 aromatic rings. The normalized spacial score (nSPS) is 14.4. The van der Waals surface area contributed by atoms with Gasteiger partial charge in [0.05, 0.1) is 23.0 Å². The maximum absolute atomic E-state index is 13.2. The van der Waals surface area contributed by atoms with E-state index in [1.807, 2.05) is 6.07 Å². The summed E-state index contributed by atoms with van der Waals surface area (Å²) < 4.78 is 11.3. The molecular formula is C27H22ClN3O5S. The average Bonchev–Trinajstić information content (AvgIpc) is 2.88. The van der Waals surface area contributed by atoms with E-state index in [0.717, 1.165) is 0 Å². The predicted molar refractivity (Wildman–Crippen MR) is 146 cm³/mol. The summed E-state index contributed by atoms with van der Waals surface area (Å²) in [6.45, 7) is 1.85. The van der Waals surface area contributed by atoms with Crippen LogP contribution in [0.5, 0.6) is 11.5 Å². The lowest BCUT2D eigenvalue weighted by molar-refractivity contribution is -0.122. The van der Waals surface area contributed by atoms with E-state index in [1.165, 1.54) is 11.0 Å². The van der Waals surface area contributed by atoms with Gasteiger partial charge < -0.3 is 14.8 Å². The highest BCUT2D eigenvalue weighted by Gasteiger charge is 2.34. The summed E-state index contributed by atoms with van der Waals surface area (Å²) in [5.74, 6) is -0.874. The first-order valence-corrected chi connectivity index (χ1v) is 12.1. The minimum Gasteiger partial charge on any atom is -0.490 e. The topological polar surface area (TPSA) is 97.0 Å². The van der Waals surface area contributed by atoms with Crippen LogP contribution in [0.25, 0.3) is 6.08 Å². The molecular weight excluding hydrogens is 514 g/mol. The average molecular weight is 536 g/mol. The lowest BCUT2D eigenvalue weighted by atomic mass is 10.1. The van der Waals surface area contributed by atoms with Crippen LogP contribution in [0, 0.1) is 0 Å². The Morgan fingerprint density at radius 1 is 1.03 bits per heavy atom. The van der Waals surface area contributed by atoms with Gasteiger partial charge in [0.2, 0.25) is 0 Å². The minimum absolute atomic E-state index is 0.00664. The molecule has 2 N–H and O–H groups in total. The van der Waals surface area contributed by atoms with E-state index in [2.05, 4.69) is 10.6 Å². The van der Waals surface area contributed by atoms with Gasteiger partial charge in [-0.1, -0.05) is 48.0 Å². The number of halogens is 1. The summed E-state index contributed by atoms with van der Waals surface area (Å²) in [5.41, 5.74) is 1.45. The molecule has 0 radical (unpaired) electrons. The molecule has 1 fully saturated rings. The van der Waals surface area contributed by atoms with Crippen molar-refractivity contribution in [1.29, 1.82) is 0 Å². The second kappa shape index (κ2) is 11.7. The molecule has 0 saturated carbocycles. The number of hydrogen-bond acceptors (Lipinski definition) is 6. The maximum atomic E-state index is 13.2. The van der Waals surface area contributed by atoms with Gasteiger partial charge in [0.1, 0.15) is 5.57 Å². The van der Waals surface area contributed by atoms with Gasteiger partial charge >= 0.3 is 0 Å². The van der Waals surface area contributed by atoms with Crippen LogP contribution in [-0.2, 0) is 14.4 Å². The van der Waals surface area contributed by atoms with Crippen molar-refractivity contribution in [3.63, 3.8) is 0 Å². The highest BCUT2D eigenvalue weighted by molar-refractivity contribution is 7.80. The molecule has 1 aliphatic rings. The van der Waals surface area contributed by atoms with Gasteiger partial charge in [-0.3, -0.25) is 24.6 Å². The van der Waals surface area contributed by atoms with Crippen LogP contribution < -0.4 is 25.0 Å². The zero-order chi connectivity index (χ0) is 26.4. The molecule has 0 atom stereocenters. The number of nitrogens with zero attached hydrogens (tertiary/aromatic N) is 1. The Balaban J connectivity index is 1.53. The summed E-state index contributed by atoms with van der Waals surface area (Å²) in [6.07, 6.45) is 1.45. The number of ether oxygens (including phenoxy) is 2. The van der Waals surface area contributed by atoms with E-state index in [-0.39, 0.29) is 17.3 Å². The fourth-order valence-corrected chi connectivity index (χ4v) is 3.99. The van der Waals surface area contributed by atoms with Crippen molar-refractivity contribution < 1.29 is 23.9 Å². The third-order valence-electron chi connectivity index (χ3n) is 5.20. The Kier molecular flexibility index (Phi) is 8.17. The highest BCUT2D eigenvalue weighted by atomic mass is 35.5. The molecule has 0 aliphatic carbocycles. The second-order valence-corrected chi connectivity index (χ2v) is 8.54. The quantitative estimate of drug-likeness (QED) is 0.249. The molecule has 3 amide bonds. The summed E-state index contributed by atoms with van der Waals surface area (Å²) in [5, 5.41) is 5.66. The van der Waals surface area contributed by atoms with E-state index in [4.69, 9.17) is 33.3 Å². The smallest absolute Gasteiger partial charge is 0.270 e. The van der Waals surface area contributed by atoms with Gasteiger partial charge in [-0.15, -0.1) is 0 Å². The van der Waals surface area contributed by atoms with Crippen molar-refractivity contribution in [3.05, 3.63) is 89.0 Å². The zero-order valence-corrected chi connectivity index (χ0v) is 21.3. The number of thiocarbonyl (C=S) groups is 1. The van der Waals surface area contributed by atoms with Crippen molar-refractivity contribution >= 4 is 64.1 Å². The standard InChI is InChI=1S/C27H22ClN3O5S/c1-2-35-23-15-17(12-13-22(23)36-16-24(32)29-21-11-7-6-10-20(21)28)14-19-25(33)30-27(37)31(26(19)34)18-8-4-3-5-9-18/h3-15H,2,16H2,1H3,(H,29,32)(H,30,33,37)/b19-14-. The van der Waals surface area contributed by atoms with Crippen LogP contribution in [-0.4, -0.2) is 36.0 Å². The van der Waals surface area contributed by atoms with Crippen LogP contribution in [0.4, 0.5) is 11.4 Å². The second-order valence-electron chi connectivity index (χ2n) is 7.75. The first-order chi connectivity index (χ1) is 17.9. The van der Waals surface area contributed by atoms with Crippen LogP contribution >= 0.6 is 23.8 Å². The molecule has 188 valence electrons. The molecule has 0 aromatic heterocycles. The van der Waals surface area contributed by atoms with Crippen molar-refractivity contribution in [1.82, 2.24) is 5.32 Å². The largest absolute Gasteiger partial charge is 0.490 e. The van der Waals surface area contributed by atoms with Crippen LogP contribution in [0.1, 0.15) is 12.5 Å². The third-order valence-corrected chi connectivity index (χ3v) is 5.82. The molecule has 3 aromatic carbocycles. The molecule has 4 rings (SSSR count). The van der Waals surface area contributed by atoms with E-state index in [9.17, 15) is 14.4 Å². The number of benzene rings is 3. The number of anilines is 2. The molecule has 0 spiro atoms. The van der Waals surface area contributed by atoms with Gasteiger partial charge in [-0.05, 0) is 67.2 Å². The Hall–Kier alpha value is -4.21. The molecule has 1 aliphatic heterocycles. The highest BCUT2D eigenvalue weighted by Crippen LogP contribution is 2.30. The number of amides is 3. The molecule has 10 heteroatoms. The van der Waals surface area contributed by atoms with Gasteiger partial charge in [-0.25, -0.2) is 0 Å². The van der Waals surface area contributed by atoms with Gasteiger partial charge in [0.15, 0.2) is 23.2 Å². The summed E-state index contributed by atoms with van der Waals surface area (Å²) in [7, 11) is 0. The van der Waals surface area contributed by atoms with Crippen molar-refractivity contribution in [2.75, 3.05) is 23.4 Å². The van der Waals surface area contributed by atoms with Crippen molar-refractivity contribution in [2.24, 2.45) is 0 Å². The monoisotopic (exact) mass is 535 g/mol. The van der Waals surface area contributed by atoms with E-state index < -0.39 is 17.7 Å². The third kappa shape index (κ3) is 6.14. The number of para-hydroxylation sites is 2. The van der Waals surface area contributed by atoms with Gasteiger partial charge in [0, 0.05) is 0 Å². The number of nitrogens with one attached hydrogen (secondary N) is 2. The lowest BCUT2D eigenvalue weighted by Gasteiger charge is -2.28. The fourth-order valence-electron chi connectivity index (χ4n) is 3.53. The van der Waals surface area contributed by atoms with Crippen molar-refractivity contribution in [2.45, 2.75) is 6.92 Å². The van der Waals surface area contributed by atoms with Crippen LogP contribution in [0.15, 0.2) is 78.4 Å². The van der Waals surface area contributed by atoms with Crippen LogP contribution in [0.2, 0.25) is 5.02 Å². The summed E-state index contributed by atoms with van der Waals surface area (Å²) in [6, 6.07) is 20.5. The van der Waals surface area contributed by atoms with Gasteiger partial charge in [0.25, 0.3) is 17.7 Å². The SMILES string of the molecule is CCOc1cc(/C=C2/C(=O)NC(=S)N(c3ccccc3)C2=O)ccc1OCC(=O)Nc1ccccc1Cl. The minimum atomic E-state index is -0.600. The number of hydrogen-bond donors (Lipinski definition) is 2. The van der Waals surface area contributed by atoms with E-state index in [0.29, 0.717) is 40.1 Å². The van der Waals surface area contributed by atoms with Gasteiger partial charge in [-0.2, -0.15) is 0 Å². The van der Waals surface area contributed by atoms with Crippen molar-refractivity contribution in [3.8, 4) is 11.5 Å². The van der Waals surface area contributed by atoms with E-state index >= 15 is 0 Å². The Morgan fingerprint density at radius 2 is 1.76 bits per heavy atom. The maximum Gasteiger partial charge on any atom is 0.270 e. The molecule has 1 saturated heterocycles. The Labute approximate surface area is 223 Å². The Morgan fingerprint density at radius 3 is 2.49 bits per heavy atom.